The zero-order chi connectivity index (χ0) is 11.5. The maximum atomic E-state index is 11.1. The fourth-order valence-corrected chi connectivity index (χ4v) is 2.18. The van der Waals surface area contributed by atoms with Gasteiger partial charge in [0.2, 0.25) is 0 Å². The molecule has 2 rings (SSSR count). The van der Waals surface area contributed by atoms with Crippen LogP contribution in [0, 0.1) is 0 Å². The maximum Gasteiger partial charge on any atom is 0.337 e. The fourth-order valence-electron chi connectivity index (χ4n) is 1.45. The molecule has 0 atom stereocenters. The van der Waals surface area contributed by atoms with Crippen LogP contribution in [0.5, 0.6) is 0 Å². The Morgan fingerprint density at radius 3 is 2.81 bits per heavy atom. The van der Waals surface area contributed by atoms with Gasteiger partial charge in [0, 0.05) is 24.3 Å². The minimum absolute atomic E-state index is 0.334. The molecule has 0 spiro atoms. The zero-order valence-electron chi connectivity index (χ0n) is 8.75. The molecule has 0 saturated carbocycles. The summed E-state index contributed by atoms with van der Waals surface area (Å²) in [4.78, 5) is 11.9. The summed E-state index contributed by atoms with van der Waals surface area (Å²) in [5, 5.41) is 11.0. The number of hydrogen-bond acceptors (Lipinski definition) is 2. The van der Waals surface area contributed by atoms with Gasteiger partial charge >= 0.3 is 5.97 Å². The van der Waals surface area contributed by atoms with Crippen molar-refractivity contribution in [1.82, 2.24) is 4.57 Å². The lowest BCUT2D eigenvalue weighted by atomic mass is 10.1. The second-order valence-electron chi connectivity index (χ2n) is 3.45. The molecule has 2 aromatic rings. The van der Waals surface area contributed by atoms with Gasteiger partial charge in [-0.25, -0.2) is 4.79 Å². The van der Waals surface area contributed by atoms with Crippen LogP contribution < -0.4 is 0 Å². The highest BCUT2D eigenvalue weighted by Crippen LogP contribution is 2.23. The molecular formula is C12H11NO2S. The van der Waals surface area contributed by atoms with E-state index in [-0.39, 0.29) is 0 Å². The minimum atomic E-state index is -0.897. The van der Waals surface area contributed by atoms with E-state index in [2.05, 4.69) is 0 Å². The van der Waals surface area contributed by atoms with Gasteiger partial charge in [0.15, 0.2) is 0 Å². The lowest BCUT2D eigenvalue weighted by Crippen LogP contribution is -1.97. The first kappa shape index (κ1) is 10.7. The molecule has 2 aromatic heterocycles. The third-order valence-corrected chi connectivity index (χ3v) is 3.09. The van der Waals surface area contributed by atoms with E-state index in [1.54, 1.807) is 6.08 Å². The summed E-state index contributed by atoms with van der Waals surface area (Å²) in [7, 11) is 1.91. The summed E-state index contributed by atoms with van der Waals surface area (Å²) >= 11 is 1.43. The Hall–Kier alpha value is -1.81. The molecule has 3 nitrogen and oxygen atoms in total. The van der Waals surface area contributed by atoms with E-state index in [9.17, 15) is 4.79 Å². The molecule has 0 unspecified atom stereocenters. The van der Waals surface area contributed by atoms with Crippen LogP contribution in [0.15, 0.2) is 36.0 Å². The van der Waals surface area contributed by atoms with Crippen LogP contribution in [0.1, 0.15) is 10.4 Å². The standard InChI is InChI=1S/C12H11NO2S/c1-13-5-4-9(8-13)7-10(12(14)15)11-3-2-6-16-11/h2-8H,1H3,(H,14,15). The average molecular weight is 233 g/mol. The Balaban J connectivity index is 2.41. The molecule has 0 saturated heterocycles. The second kappa shape index (κ2) is 4.37. The Bertz CT molecular complexity index is 523. The Morgan fingerprint density at radius 2 is 2.31 bits per heavy atom. The zero-order valence-corrected chi connectivity index (χ0v) is 9.57. The van der Waals surface area contributed by atoms with Crippen LogP contribution >= 0.6 is 11.3 Å². The molecule has 0 amide bonds. The Labute approximate surface area is 97.3 Å². The maximum absolute atomic E-state index is 11.1. The van der Waals surface area contributed by atoms with Crippen molar-refractivity contribution in [3.63, 3.8) is 0 Å². The smallest absolute Gasteiger partial charge is 0.337 e. The first-order chi connectivity index (χ1) is 7.66. The topological polar surface area (TPSA) is 42.2 Å². The molecule has 0 fully saturated rings. The van der Waals surface area contributed by atoms with Crippen molar-refractivity contribution in [1.29, 1.82) is 0 Å². The molecule has 82 valence electrons. The molecule has 0 aliphatic carbocycles. The predicted octanol–water partition coefficient (Wildman–Crippen LogP) is 2.71. The number of aromatic nitrogens is 1. The van der Waals surface area contributed by atoms with E-state index in [4.69, 9.17) is 5.11 Å². The van der Waals surface area contributed by atoms with Gasteiger partial charge in [-0.05, 0) is 29.2 Å². The van der Waals surface area contributed by atoms with E-state index < -0.39 is 5.97 Å². The molecule has 1 N–H and O–H groups in total. The summed E-state index contributed by atoms with van der Waals surface area (Å²) in [5.41, 5.74) is 1.23. The van der Waals surface area contributed by atoms with Crippen molar-refractivity contribution < 1.29 is 9.90 Å². The number of aryl methyl sites for hydroxylation is 1. The largest absolute Gasteiger partial charge is 0.478 e. The van der Waals surface area contributed by atoms with E-state index in [0.717, 1.165) is 10.4 Å². The normalized spacial score (nSPS) is 11.7. The minimum Gasteiger partial charge on any atom is -0.478 e. The highest BCUT2D eigenvalue weighted by molar-refractivity contribution is 7.11. The molecule has 0 bridgehead atoms. The molecular weight excluding hydrogens is 222 g/mol. The van der Waals surface area contributed by atoms with Crippen molar-refractivity contribution in [3.05, 3.63) is 46.4 Å². The highest BCUT2D eigenvalue weighted by Gasteiger charge is 2.11. The summed E-state index contributed by atoms with van der Waals surface area (Å²) < 4.78 is 1.89. The van der Waals surface area contributed by atoms with Gasteiger partial charge in [-0.2, -0.15) is 0 Å². The Morgan fingerprint density at radius 1 is 1.50 bits per heavy atom. The number of hydrogen-bond donors (Lipinski definition) is 1. The van der Waals surface area contributed by atoms with Gasteiger partial charge in [0.05, 0.1) is 5.57 Å². The van der Waals surface area contributed by atoms with Gasteiger partial charge in [-0.3, -0.25) is 0 Å². The number of carboxylic acid groups (broad SMARTS) is 1. The fraction of sp³-hybridized carbons (Fsp3) is 0.0833. The van der Waals surface area contributed by atoms with Crippen LogP contribution in [-0.4, -0.2) is 15.6 Å². The summed E-state index contributed by atoms with van der Waals surface area (Å²) in [6.45, 7) is 0. The summed E-state index contributed by atoms with van der Waals surface area (Å²) in [6, 6.07) is 5.55. The van der Waals surface area contributed by atoms with Gasteiger partial charge in [-0.1, -0.05) is 6.07 Å². The highest BCUT2D eigenvalue weighted by atomic mass is 32.1. The van der Waals surface area contributed by atoms with Gasteiger partial charge in [0.1, 0.15) is 0 Å². The molecule has 0 aliphatic rings. The number of carboxylic acids is 1. The lowest BCUT2D eigenvalue weighted by molar-refractivity contribution is -0.130. The van der Waals surface area contributed by atoms with Crippen LogP contribution in [0.4, 0.5) is 0 Å². The monoisotopic (exact) mass is 233 g/mol. The Kier molecular flexibility index (Phi) is 2.92. The first-order valence-electron chi connectivity index (χ1n) is 4.77. The number of rotatable bonds is 3. The van der Waals surface area contributed by atoms with E-state index in [0.29, 0.717) is 5.57 Å². The van der Waals surface area contributed by atoms with Crippen molar-refractivity contribution in [2.24, 2.45) is 7.05 Å². The number of carbonyl (C=O) groups is 1. The predicted molar refractivity (Wildman–Crippen MR) is 65.2 cm³/mol. The number of aliphatic carboxylic acids is 1. The second-order valence-corrected chi connectivity index (χ2v) is 4.40. The molecule has 0 aromatic carbocycles. The third kappa shape index (κ3) is 2.23. The van der Waals surface area contributed by atoms with E-state index in [1.807, 2.05) is 47.6 Å². The lowest BCUT2D eigenvalue weighted by Gasteiger charge is -1.97. The van der Waals surface area contributed by atoms with Crippen LogP contribution in [-0.2, 0) is 11.8 Å². The SMILES string of the molecule is Cn1ccc(C=C(C(=O)O)c2cccs2)c1. The van der Waals surface area contributed by atoms with Gasteiger partial charge in [0.25, 0.3) is 0 Å². The number of nitrogens with zero attached hydrogens (tertiary/aromatic N) is 1. The molecule has 0 aliphatic heterocycles. The van der Waals surface area contributed by atoms with E-state index >= 15 is 0 Å². The molecule has 2 heterocycles. The van der Waals surface area contributed by atoms with Crippen molar-refractivity contribution in [2.45, 2.75) is 0 Å². The quantitative estimate of drug-likeness (QED) is 0.828. The number of thiophene rings is 1. The molecule has 16 heavy (non-hydrogen) atoms. The third-order valence-electron chi connectivity index (χ3n) is 2.18. The van der Waals surface area contributed by atoms with Gasteiger partial charge < -0.3 is 9.67 Å². The summed E-state index contributed by atoms with van der Waals surface area (Å²) in [5.74, 6) is -0.897. The van der Waals surface area contributed by atoms with E-state index in [1.165, 1.54) is 11.3 Å². The van der Waals surface area contributed by atoms with Crippen LogP contribution in [0.25, 0.3) is 11.6 Å². The molecule has 4 heteroatoms. The average Bonchev–Trinajstić information content (AvgIpc) is 2.84. The van der Waals surface area contributed by atoms with Crippen molar-refractivity contribution in [2.75, 3.05) is 0 Å². The van der Waals surface area contributed by atoms with Crippen LogP contribution in [0.2, 0.25) is 0 Å². The molecule has 0 radical (unpaired) electrons. The van der Waals surface area contributed by atoms with Crippen molar-refractivity contribution >= 4 is 29.0 Å². The summed E-state index contributed by atoms with van der Waals surface area (Å²) in [6.07, 6.45) is 5.46. The van der Waals surface area contributed by atoms with Gasteiger partial charge in [-0.15, -0.1) is 11.3 Å². The van der Waals surface area contributed by atoms with Crippen LogP contribution in [0.3, 0.4) is 0 Å². The van der Waals surface area contributed by atoms with Crippen molar-refractivity contribution in [3.8, 4) is 0 Å². The first-order valence-corrected chi connectivity index (χ1v) is 5.65.